The predicted molar refractivity (Wildman–Crippen MR) is 46.3 cm³/mol. The quantitative estimate of drug-likeness (QED) is 0.568. The molecule has 0 saturated heterocycles. The van der Waals surface area contributed by atoms with Crippen molar-refractivity contribution >= 4 is 5.78 Å². The third kappa shape index (κ3) is 2.18. The second-order valence-electron chi connectivity index (χ2n) is 3.57. The van der Waals surface area contributed by atoms with Gasteiger partial charge in [-0.15, -0.1) is 6.58 Å². The first-order valence-electron chi connectivity index (χ1n) is 4.37. The summed E-state index contributed by atoms with van der Waals surface area (Å²) in [5.41, 5.74) is 0. The summed E-state index contributed by atoms with van der Waals surface area (Å²) in [6, 6.07) is 0. The number of carbonyl (C=O) groups is 1. The molecule has 11 heavy (non-hydrogen) atoms. The van der Waals surface area contributed by atoms with Gasteiger partial charge < -0.3 is 0 Å². The molecular weight excluding hydrogens is 136 g/mol. The van der Waals surface area contributed by atoms with Crippen molar-refractivity contribution in [1.82, 2.24) is 0 Å². The van der Waals surface area contributed by atoms with Gasteiger partial charge >= 0.3 is 0 Å². The van der Waals surface area contributed by atoms with Crippen molar-refractivity contribution in [2.24, 2.45) is 11.8 Å². The zero-order valence-electron chi connectivity index (χ0n) is 7.18. The Balaban J connectivity index is 2.34. The highest BCUT2D eigenvalue weighted by Gasteiger charge is 2.28. The van der Waals surface area contributed by atoms with Gasteiger partial charge in [0.1, 0.15) is 5.78 Å². The summed E-state index contributed by atoms with van der Waals surface area (Å²) in [4.78, 5) is 11.3. The fourth-order valence-corrected chi connectivity index (χ4v) is 1.81. The lowest BCUT2D eigenvalue weighted by Crippen LogP contribution is -2.04. The molecular formula is C10H16O. The number of hydrogen-bond acceptors (Lipinski definition) is 1. The molecule has 1 fully saturated rings. The summed E-state index contributed by atoms with van der Waals surface area (Å²) in [6.07, 6.45) is 5.82. The Kier molecular flexibility index (Phi) is 2.86. The maximum absolute atomic E-state index is 11.3. The van der Waals surface area contributed by atoms with Gasteiger partial charge in [0.2, 0.25) is 0 Å². The molecule has 1 heteroatoms. The minimum absolute atomic E-state index is 0.350. The first kappa shape index (κ1) is 8.51. The second-order valence-corrected chi connectivity index (χ2v) is 3.57. The molecule has 0 N–H and O–H groups in total. The van der Waals surface area contributed by atoms with Crippen LogP contribution in [0.2, 0.25) is 0 Å². The van der Waals surface area contributed by atoms with Gasteiger partial charge in [0.05, 0.1) is 0 Å². The molecule has 62 valence electrons. The Labute approximate surface area is 68.5 Å². The highest BCUT2D eigenvalue weighted by Crippen LogP contribution is 2.30. The lowest BCUT2D eigenvalue weighted by Gasteiger charge is -2.04. The molecule has 1 rings (SSSR count). The molecule has 0 amide bonds. The van der Waals surface area contributed by atoms with Gasteiger partial charge in [0, 0.05) is 12.3 Å². The van der Waals surface area contributed by atoms with Crippen LogP contribution in [-0.2, 0) is 4.79 Å². The molecule has 1 aliphatic carbocycles. The first-order chi connectivity index (χ1) is 5.24. The zero-order chi connectivity index (χ0) is 8.27. The van der Waals surface area contributed by atoms with E-state index in [0.29, 0.717) is 17.6 Å². The van der Waals surface area contributed by atoms with Crippen LogP contribution in [0.1, 0.15) is 32.6 Å². The monoisotopic (exact) mass is 152 g/mol. The summed E-state index contributed by atoms with van der Waals surface area (Å²) in [5, 5.41) is 0. The van der Waals surface area contributed by atoms with Gasteiger partial charge in [0.25, 0.3) is 0 Å². The predicted octanol–water partition coefficient (Wildman–Crippen LogP) is 2.57. The lowest BCUT2D eigenvalue weighted by molar-refractivity contribution is -0.120. The number of Topliss-reactive ketones (excluding diaryl/α,β-unsaturated/α-hetero) is 1. The van der Waals surface area contributed by atoms with Gasteiger partial charge in [-0.3, -0.25) is 4.79 Å². The summed E-state index contributed by atoms with van der Waals surface area (Å²) in [7, 11) is 0. The van der Waals surface area contributed by atoms with Crippen LogP contribution < -0.4 is 0 Å². The molecule has 1 aliphatic rings. The summed E-state index contributed by atoms with van der Waals surface area (Å²) in [6.45, 7) is 5.81. The third-order valence-corrected chi connectivity index (χ3v) is 2.41. The van der Waals surface area contributed by atoms with E-state index in [1.165, 1.54) is 0 Å². The van der Waals surface area contributed by atoms with E-state index < -0.39 is 0 Å². The van der Waals surface area contributed by atoms with E-state index in [2.05, 4.69) is 13.5 Å². The van der Waals surface area contributed by atoms with Crippen molar-refractivity contribution in [3.8, 4) is 0 Å². The fourth-order valence-electron chi connectivity index (χ4n) is 1.81. The van der Waals surface area contributed by atoms with Crippen LogP contribution >= 0.6 is 0 Å². The minimum atomic E-state index is 0.350. The normalized spacial score (nSPS) is 30.8. The van der Waals surface area contributed by atoms with Crippen molar-refractivity contribution < 1.29 is 4.79 Å². The minimum Gasteiger partial charge on any atom is -0.299 e. The third-order valence-electron chi connectivity index (χ3n) is 2.41. The smallest absolute Gasteiger partial charge is 0.136 e. The van der Waals surface area contributed by atoms with Crippen molar-refractivity contribution in [3.05, 3.63) is 12.7 Å². The van der Waals surface area contributed by atoms with Gasteiger partial charge in [-0.1, -0.05) is 13.0 Å². The second kappa shape index (κ2) is 3.70. The highest BCUT2D eigenvalue weighted by molar-refractivity contribution is 5.83. The summed E-state index contributed by atoms with van der Waals surface area (Å²) < 4.78 is 0. The van der Waals surface area contributed by atoms with Crippen LogP contribution in [0.25, 0.3) is 0 Å². The summed E-state index contributed by atoms with van der Waals surface area (Å²) in [5.74, 6) is 1.44. The van der Waals surface area contributed by atoms with Crippen molar-refractivity contribution in [3.63, 3.8) is 0 Å². The van der Waals surface area contributed by atoms with E-state index in [4.69, 9.17) is 0 Å². The maximum atomic E-state index is 11.3. The maximum Gasteiger partial charge on any atom is 0.136 e. The number of rotatable bonds is 3. The molecule has 1 saturated carbocycles. The van der Waals surface area contributed by atoms with Crippen LogP contribution in [0.15, 0.2) is 12.7 Å². The molecule has 0 aromatic heterocycles. The van der Waals surface area contributed by atoms with Gasteiger partial charge in [-0.05, 0) is 25.2 Å². The Hall–Kier alpha value is -0.590. The van der Waals surface area contributed by atoms with E-state index in [1.807, 2.05) is 6.08 Å². The topological polar surface area (TPSA) is 17.1 Å². The van der Waals surface area contributed by atoms with Gasteiger partial charge in [0.15, 0.2) is 0 Å². The fraction of sp³-hybridized carbons (Fsp3) is 0.700. The van der Waals surface area contributed by atoms with E-state index in [-0.39, 0.29) is 0 Å². The number of allylic oxidation sites excluding steroid dienone is 1. The number of ketones is 1. The molecule has 0 unspecified atom stereocenters. The van der Waals surface area contributed by atoms with Crippen molar-refractivity contribution in [2.75, 3.05) is 0 Å². The van der Waals surface area contributed by atoms with E-state index in [1.54, 1.807) is 0 Å². The average Bonchev–Trinajstić information content (AvgIpc) is 2.26. The van der Waals surface area contributed by atoms with E-state index in [9.17, 15) is 4.79 Å². The number of hydrogen-bond donors (Lipinski definition) is 0. The van der Waals surface area contributed by atoms with Crippen LogP contribution in [0, 0.1) is 11.8 Å². The molecule has 0 radical (unpaired) electrons. The van der Waals surface area contributed by atoms with Crippen LogP contribution in [0.3, 0.4) is 0 Å². The van der Waals surface area contributed by atoms with E-state index >= 15 is 0 Å². The van der Waals surface area contributed by atoms with E-state index in [0.717, 1.165) is 25.7 Å². The van der Waals surface area contributed by atoms with Crippen LogP contribution in [0.5, 0.6) is 0 Å². The summed E-state index contributed by atoms with van der Waals surface area (Å²) >= 11 is 0. The zero-order valence-corrected chi connectivity index (χ0v) is 7.18. The molecule has 0 aliphatic heterocycles. The highest BCUT2D eigenvalue weighted by atomic mass is 16.1. The standard InChI is InChI=1S/C10H16O/c1-3-4-5-9-6-8(2)7-10(9)11/h3,8-9H,1,4-7H2,2H3/t8-,9+/m1/s1. The van der Waals surface area contributed by atoms with Crippen LogP contribution in [0.4, 0.5) is 0 Å². The molecule has 2 atom stereocenters. The molecule has 0 aromatic carbocycles. The van der Waals surface area contributed by atoms with Crippen LogP contribution in [-0.4, -0.2) is 5.78 Å². The largest absolute Gasteiger partial charge is 0.299 e. The Bertz CT molecular complexity index is 160. The SMILES string of the molecule is C=CCC[C@H]1C[C@@H](C)CC1=O. The van der Waals surface area contributed by atoms with Gasteiger partial charge in [-0.2, -0.15) is 0 Å². The van der Waals surface area contributed by atoms with Crippen molar-refractivity contribution in [2.45, 2.75) is 32.6 Å². The first-order valence-corrected chi connectivity index (χ1v) is 4.37. The lowest BCUT2D eigenvalue weighted by atomic mass is 10.00. The molecule has 0 bridgehead atoms. The number of carbonyl (C=O) groups excluding carboxylic acids is 1. The van der Waals surface area contributed by atoms with Crippen molar-refractivity contribution in [1.29, 1.82) is 0 Å². The Morgan fingerprint density at radius 3 is 2.91 bits per heavy atom. The molecule has 0 spiro atoms. The Morgan fingerprint density at radius 1 is 1.73 bits per heavy atom. The molecule has 1 nitrogen and oxygen atoms in total. The molecule has 0 aromatic rings. The molecule has 0 heterocycles. The Morgan fingerprint density at radius 2 is 2.45 bits per heavy atom. The van der Waals surface area contributed by atoms with Gasteiger partial charge in [-0.25, -0.2) is 0 Å². The average molecular weight is 152 g/mol.